The van der Waals surface area contributed by atoms with Crippen LogP contribution in [0.5, 0.6) is 5.75 Å². The van der Waals surface area contributed by atoms with Crippen LogP contribution in [0.15, 0.2) is 82.5 Å². The normalized spacial score (nSPS) is 19.2. The van der Waals surface area contributed by atoms with Gasteiger partial charge in [-0.05, 0) is 105 Å². The summed E-state index contributed by atoms with van der Waals surface area (Å²) >= 11 is 0. The number of piperazine rings is 1. The summed E-state index contributed by atoms with van der Waals surface area (Å²) in [4.78, 5) is 58.6. The van der Waals surface area contributed by atoms with E-state index in [1.165, 1.54) is 7.11 Å². The molecule has 0 spiro atoms. The lowest BCUT2D eigenvalue weighted by atomic mass is 9.91. The number of nitrogens with one attached hydrogen (secondary N) is 2. The summed E-state index contributed by atoms with van der Waals surface area (Å²) in [6.45, 7) is 6.49. The maximum Gasteiger partial charge on any atom is 0.263 e. The third-order valence-corrected chi connectivity index (χ3v) is 13.6. The summed E-state index contributed by atoms with van der Waals surface area (Å²) < 4.78 is 42.9. The van der Waals surface area contributed by atoms with Crippen molar-refractivity contribution in [3.63, 3.8) is 0 Å². The summed E-state index contributed by atoms with van der Waals surface area (Å²) in [5.74, 6) is -0.904. The van der Waals surface area contributed by atoms with E-state index in [4.69, 9.17) is 9.26 Å². The van der Waals surface area contributed by atoms with Gasteiger partial charge in [-0.25, -0.2) is 8.42 Å². The number of fused-ring (bicyclic) bond motifs is 2. The number of carbonyl (C=O) groups is 4. The van der Waals surface area contributed by atoms with Crippen LogP contribution in [-0.2, 0) is 26.2 Å². The molecule has 18 heteroatoms. The third kappa shape index (κ3) is 8.16. The number of hydrogen-bond donors (Lipinski definition) is 2. The molecule has 0 aliphatic carbocycles. The molecule has 17 nitrogen and oxygen atoms in total. The topological polar surface area (TPSA) is 193 Å². The molecule has 0 radical (unpaired) electrons. The average Bonchev–Trinajstić information content (AvgIpc) is 3.99. The number of imide groups is 2. The quantitative estimate of drug-likeness (QED) is 0.161. The summed E-state index contributed by atoms with van der Waals surface area (Å²) in [5, 5.41) is 11.0. The lowest BCUT2D eigenvalue weighted by Crippen LogP contribution is -2.54. The molecule has 4 aliphatic heterocycles. The average molecular weight is 850 g/mol. The van der Waals surface area contributed by atoms with Crippen LogP contribution in [0.2, 0.25) is 0 Å². The van der Waals surface area contributed by atoms with Crippen molar-refractivity contribution in [2.24, 2.45) is 5.92 Å². The molecule has 3 aromatic carbocycles. The van der Waals surface area contributed by atoms with Gasteiger partial charge in [0.2, 0.25) is 11.8 Å². The first-order valence-corrected chi connectivity index (χ1v) is 22.2. The number of amides is 4. The Labute approximate surface area is 352 Å². The van der Waals surface area contributed by atoms with E-state index >= 15 is 0 Å². The predicted octanol–water partition coefficient (Wildman–Crippen LogP) is 4.10. The van der Waals surface area contributed by atoms with Gasteiger partial charge in [-0.3, -0.25) is 43.7 Å². The Morgan fingerprint density at radius 3 is 2.39 bits per heavy atom. The highest BCUT2D eigenvalue weighted by Gasteiger charge is 2.45. The number of piperidine rings is 2. The zero-order valence-corrected chi connectivity index (χ0v) is 34.6. The fourth-order valence-corrected chi connectivity index (χ4v) is 10.0. The Morgan fingerprint density at radius 1 is 0.869 bits per heavy atom. The zero-order chi connectivity index (χ0) is 42.3. The highest BCUT2D eigenvalue weighted by atomic mass is 32.2. The number of rotatable bonds is 13. The summed E-state index contributed by atoms with van der Waals surface area (Å²) in [7, 11) is -2.49. The van der Waals surface area contributed by atoms with Gasteiger partial charge in [0.1, 0.15) is 17.2 Å². The molecule has 61 heavy (non-hydrogen) atoms. The number of anilines is 3. The van der Waals surface area contributed by atoms with Crippen LogP contribution in [0.1, 0.15) is 64.8 Å². The molecule has 1 unspecified atom stereocenters. The molecular weight excluding hydrogens is 803 g/mol. The lowest BCUT2D eigenvalue weighted by Gasteiger charge is -2.37. The molecule has 5 aromatic rings. The van der Waals surface area contributed by atoms with Crippen LogP contribution in [-0.4, -0.2) is 116 Å². The van der Waals surface area contributed by atoms with Crippen LogP contribution >= 0.6 is 0 Å². The second kappa shape index (κ2) is 16.6. The molecule has 2 aromatic heterocycles. The maximum absolute atomic E-state index is 13.7. The van der Waals surface area contributed by atoms with Crippen LogP contribution in [0, 0.1) is 5.92 Å². The molecule has 4 amide bonds. The number of aromatic nitrogens is 3. The van der Waals surface area contributed by atoms with Crippen LogP contribution in [0.4, 0.5) is 17.2 Å². The highest BCUT2D eigenvalue weighted by Crippen LogP contribution is 2.36. The minimum atomic E-state index is -4.01. The molecule has 0 bridgehead atoms. The van der Waals surface area contributed by atoms with Gasteiger partial charge >= 0.3 is 0 Å². The van der Waals surface area contributed by atoms with Crippen LogP contribution in [0.3, 0.4) is 0 Å². The van der Waals surface area contributed by atoms with Gasteiger partial charge in [-0.1, -0.05) is 11.2 Å². The van der Waals surface area contributed by atoms with Crippen molar-refractivity contribution in [1.29, 1.82) is 0 Å². The van der Waals surface area contributed by atoms with Gasteiger partial charge in [0.15, 0.2) is 11.4 Å². The number of methoxy groups -OCH3 is 1. The van der Waals surface area contributed by atoms with Crippen LogP contribution in [0.25, 0.3) is 11.0 Å². The molecule has 0 saturated carbocycles. The Morgan fingerprint density at radius 2 is 1.64 bits per heavy atom. The number of ether oxygens (including phenoxy) is 1. The molecule has 318 valence electrons. The molecule has 3 fully saturated rings. The van der Waals surface area contributed by atoms with Gasteiger partial charge in [0.05, 0.1) is 29.7 Å². The van der Waals surface area contributed by atoms with Crippen LogP contribution < -0.4 is 24.6 Å². The molecule has 2 N–H and O–H groups in total. The molecule has 6 heterocycles. The first-order valence-electron chi connectivity index (χ1n) is 20.7. The first kappa shape index (κ1) is 40.2. The van der Waals surface area contributed by atoms with Crippen molar-refractivity contribution in [1.82, 2.24) is 30.1 Å². The number of sulfonamides is 1. The van der Waals surface area contributed by atoms with Crippen molar-refractivity contribution in [3.05, 3.63) is 89.7 Å². The Balaban J connectivity index is 0.738. The molecular formula is C43H47N9O8S. The first-order chi connectivity index (χ1) is 29.5. The zero-order valence-electron chi connectivity index (χ0n) is 33.8. The minimum absolute atomic E-state index is 0.0548. The van der Waals surface area contributed by atoms with E-state index in [2.05, 4.69) is 35.0 Å². The van der Waals surface area contributed by atoms with Gasteiger partial charge < -0.3 is 19.1 Å². The van der Waals surface area contributed by atoms with Gasteiger partial charge in [0, 0.05) is 69.5 Å². The highest BCUT2D eigenvalue weighted by molar-refractivity contribution is 7.92. The van der Waals surface area contributed by atoms with Crippen molar-refractivity contribution >= 4 is 61.8 Å². The van der Waals surface area contributed by atoms with E-state index in [0.717, 1.165) is 93.3 Å². The van der Waals surface area contributed by atoms with Gasteiger partial charge in [0.25, 0.3) is 21.8 Å². The van der Waals surface area contributed by atoms with E-state index in [9.17, 15) is 27.6 Å². The molecule has 1 atom stereocenters. The molecule has 9 rings (SSSR count). The standard InChI is InChI=1S/C43H47N9O8S/c1-59-36-23-29(27-51-16-4-14-44-51)24-37-39(36)40(46-60-37)47-61(57,58)32-7-2-6-30(25-32)50-21-19-48(20-22-50)15-3-5-28-12-17-49(18-13-28)31-8-9-33-34(26-31)43(56)52(42(33)55)35-10-11-38(53)45-41(35)54/h2,4,6-9,14,16,23-26,28,35H,3,5,10-13,15,17-22,27H2,1H3,(H,46,47)(H,45,53,54). The monoisotopic (exact) mass is 849 g/mol. The smallest absolute Gasteiger partial charge is 0.263 e. The van der Waals surface area contributed by atoms with Crippen molar-refractivity contribution in [3.8, 4) is 5.75 Å². The van der Waals surface area contributed by atoms with Gasteiger partial charge in [-0.15, -0.1) is 0 Å². The summed E-state index contributed by atoms with van der Waals surface area (Å²) in [5.41, 5.74) is 3.58. The maximum atomic E-state index is 13.7. The van der Waals surface area contributed by atoms with Crippen molar-refractivity contribution in [2.75, 3.05) is 67.4 Å². The number of hydrogen-bond acceptors (Lipinski definition) is 13. The molecule has 4 aliphatic rings. The number of nitrogens with zero attached hydrogens (tertiary/aromatic N) is 7. The lowest BCUT2D eigenvalue weighted by molar-refractivity contribution is -0.136. The SMILES string of the molecule is COc1cc(Cn2cccn2)cc2onc(NS(=O)(=O)c3cccc(N4CCN(CCCC5CCN(c6ccc7c(c6)C(=O)N(C6CCC(=O)NC6=O)C7=O)CC5)CC4)c3)c12. The Kier molecular flexibility index (Phi) is 11.0. The van der Waals surface area contributed by atoms with E-state index in [1.807, 2.05) is 30.5 Å². The fraction of sp³-hybridized carbons (Fsp3) is 0.395. The Bertz CT molecular complexity index is 2600. The van der Waals surface area contributed by atoms with Crippen molar-refractivity contribution < 1.29 is 36.9 Å². The second-order valence-electron chi connectivity index (χ2n) is 16.1. The van der Waals surface area contributed by atoms with E-state index in [0.29, 0.717) is 40.3 Å². The van der Waals surface area contributed by atoms with E-state index in [1.54, 1.807) is 47.3 Å². The van der Waals surface area contributed by atoms with E-state index in [-0.39, 0.29) is 23.6 Å². The Hall–Kier alpha value is -6.27. The molecule has 3 saturated heterocycles. The largest absolute Gasteiger partial charge is 0.496 e. The van der Waals surface area contributed by atoms with Crippen molar-refractivity contribution in [2.45, 2.75) is 56.0 Å². The number of carbonyl (C=O) groups excluding carboxylic acids is 4. The predicted molar refractivity (Wildman–Crippen MR) is 225 cm³/mol. The fourth-order valence-electron chi connectivity index (χ4n) is 9.00. The third-order valence-electron chi connectivity index (χ3n) is 12.3. The number of benzene rings is 3. The second-order valence-corrected chi connectivity index (χ2v) is 17.8. The summed E-state index contributed by atoms with van der Waals surface area (Å²) in [6.07, 6.45) is 8.03. The van der Waals surface area contributed by atoms with Gasteiger partial charge in [-0.2, -0.15) is 5.10 Å². The minimum Gasteiger partial charge on any atom is -0.496 e. The summed E-state index contributed by atoms with van der Waals surface area (Å²) in [6, 6.07) is 16.8. The van der Waals surface area contributed by atoms with E-state index < -0.39 is 39.7 Å².